The Hall–Kier alpha value is -3.61. The zero-order valence-corrected chi connectivity index (χ0v) is 18.0. The van der Waals surface area contributed by atoms with Gasteiger partial charge in [-0.2, -0.15) is 0 Å². The number of aromatic nitrogens is 2. The largest absolute Gasteiger partial charge is 0.304 e. The van der Waals surface area contributed by atoms with Crippen LogP contribution in [0.2, 0.25) is 0 Å². The molecule has 0 aliphatic carbocycles. The van der Waals surface area contributed by atoms with Gasteiger partial charge in [0.05, 0.1) is 5.52 Å². The number of likely N-dealkylation sites (N-methyl/N-ethyl adjacent to an activating group) is 1. The molecule has 0 spiro atoms. The highest BCUT2D eigenvalue weighted by Crippen LogP contribution is 2.25. The van der Waals surface area contributed by atoms with E-state index in [0.29, 0.717) is 17.1 Å². The van der Waals surface area contributed by atoms with Gasteiger partial charge in [-0.25, -0.2) is 15.0 Å². The van der Waals surface area contributed by atoms with Crippen LogP contribution in [0.15, 0.2) is 79.0 Å². The predicted molar refractivity (Wildman–Crippen MR) is 128 cm³/mol. The first-order valence-corrected chi connectivity index (χ1v) is 10.8. The summed E-state index contributed by atoms with van der Waals surface area (Å²) in [5, 5.41) is 3.14. The molecule has 5 rings (SSSR count). The number of ketones is 1. The van der Waals surface area contributed by atoms with Crippen molar-refractivity contribution in [1.29, 1.82) is 0 Å². The molecule has 6 nitrogen and oxygen atoms in total. The molecule has 0 amide bonds. The van der Waals surface area contributed by atoms with Crippen LogP contribution in [0.1, 0.15) is 15.9 Å². The first kappa shape index (κ1) is 20.3. The van der Waals surface area contributed by atoms with E-state index in [4.69, 9.17) is 0 Å². The van der Waals surface area contributed by atoms with Crippen molar-refractivity contribution >= 4 is 22.6 Å². The summed E-state index contributed by atoms with van der Waals surface area (Å²) >= 11 is 0. The third-order valence-corrected chi connectivity index (χ3v) is 5.86. The molecule has 1 aliphatic rings. The Balaban J connectivity index is 1.33. The molecule has 1 aromatic heterocycles. The number of nitrogens with zero attached hydrogens (tertiary/aromatic N) is 4. The number of piperazine rings is 1. The molecule has 1 fully saturated rings. The van der Waals surface area contributed by atoms with Gasteiger partial charge < -0.3 is 4.90 Å². The lowest BCUT2D eigenvalue weighted by molar-refractivity contribution is 0.103. The molecule has 0 radical (unpaired) electrons. The average Bonchev–Trinajstić information content (AvgIpc) is 2.85. The summed E-state index contributed by atoms with van der Waals surface area (Å²) in [4.78, 5) is 24.1. The number of fused-ring (bicyclic) bond motifs is 1. The Morgan fingerprint density at radius 2 is 1.53 bits per heavy atom. The van der Waals surface area contributed by atoms with Crippen LogP contribution in [-0.4, -0.2) is 58.9 Å². The van der Waals surface area contributed by atoms with Crippen molar-refractivity contribution in [2.75, 3.05) is 38.7 Å². The third-order valence-electron chi connectivity index (χ3n) is 5.86. The van der Waals surface area contributed by atoms with Crippen LogP contribution < -0.4 is 5.43 Å². The zero-order valence-electron chi connectivity index (χ0n) is 18.0. The fraction of sp³-hybridized carbons (Fsp3) is 0.192. The van der Waals surface area contributed by atoms with Gasteiger partial charge in [0, 0.05) is 48.9 Å². The lowest BCUT2D eigenvalue weighted by Crippen LogP contribution is -2.47. The van der Waals surface area contributed by atoms with Crippen molar-refractivity contribution in [2.45, 2.75) is 0 Å². The predicted octanol–water partition coefficient (Wildman–Crippen LogP) is 4.10. The quantitative estimate of drug-likeness (QED) is 0.488. The van der Waals surface area contributed by atoms with Gasteiger partial charge in [-0.15, -0.1) is 0 Å². The van der Waals surface area contributed by atoms with E-state index in [2.05, 4.69) is 44.5 Å². The summed E-state index contributed by atoms with van der Waals surface area (Å²) < 4.78 is 0. The van der Waals surface area contributed by atoms with Gasteiger partial charge in [-0.3, -0.25) is 10.2 Å². The first-order chi connectivity index (χ1) is 15.7. The number of carbonyl (C=O) groups is 1. The van der Waals surface area contributed by atoms with Crippen molar-refractivity contribution < 1.29 is 4.79 Å². The number of hydrazine groups is 1. The standard InChI is InChI=1S/C26H25N5O/c1-30-13-15-31(16-14-30)29-26-27-18-23-17-22(11-12-24(23)28-26)19-7-9-21(10-8-19)25(32)20-5-3-2-4-6-20/h2-12,17-18H,13-16H2,1H3,(H,27,28,29). The second-order valence-corrected chi connectivity index (χ2v) is 8.14. The molecule has 0 unspecified atom stereocenters. The summed E-state index contributed by atoms with van der Waals surface area (Å²) in [5.74, 6) is 0.656. The number of anilines is 1. The maximum atomic E-state index is 12.6. The normalized spacial score (nSPS) is 15.0. The molecular formula is C26H25N5O. The molecule has 1 aliphatic heterocycles. The third kappa shape index (κ3) is 4.37. The Kier molecular flexibility index (Phi) is 5.62. The number of hydrogen-bond donors (Lipinski definition) is 1. The van der Waals surface area contributed by atoms with Gasteiger partial charge in [0.25, 0.3) is 0 Å². The van der Waals surface area contributed by atoms with Crippen molar-refractivity contribution in [3.8, 4) is 11.1 Å². The molecule has 2 heterocycles. The second kappa shape index (κ2) is 8.86. The molecular weight excluding hydrogens is 398 g/mol. The van der Waals surface area contributed by atoms with E-state index in [1.807, 2.05) is 66.9 Å². The Labute approximate surface area is 187 Å². The lowest BCUT2D eigenvalue weighted by Gasteiger charge is -2.32. The SMILES string of the molecule is CN1CCN(Nc2ncc3cc(-c4ccc(C(=O)c5ccccc5)cc4)ccc3n2)CC1. The van der Waals surface area contributed by atoms with E-state index in [1.54, 1.807) is 0 Å². The van der Waals surface area contributed by atoms with Crippen molar-refractivity contribution in [3.63, 3.8) is 0 Å². The molecule has 160 valence electrons. The lowest BCUT2D eigenvalue weighted by atomic mass is 9.99. The van der Waals surface area contributed by atoms with Crippen LogP contribution >= 0.6 is 0 Å². The van der Waals surface area contributed by atoms with Gasteiger partial charge in [0.15, 0.2) is 5.78 Å². The van der Waals surface area contributed by atoms with E-state index in [9.17, 15) is 4.79 Å². The molecule has 1 N–H and O–H groups in total. The molecule has 0 bridgehead atoms. The van der Waals surface area contributed by atoms with Gasteiger partial charge in [-0.05, 0) is 30.3 Å². The van der Waals surface area contributed by atoms with Crippen LogP contribution in [0, 0.1) is 0 Å². The molecule has 1 saturated heterocycles. The van der Waals surface area contributed by atoms with Crippen LogP contribution in [0.5, 0.6) is 0 Å². The summed E-state index contributed by atoms with van der Waals surface area (Å²) in [6.45, 7) is 3.94. The molecule has 32 heavy (non-hydrogen) atoms. The monoisotopic (exact) mass is 423 g/mol. The van der Waals surface area contributed by atoms with Crippen molar-refractivity contribution in [3.05, 3.63) is 90.1 Å². The van der Waals surface area contributed by atoms with Crippen LogP contribution in [0.25, 0.3) is 22.0 Å². The fourth-order valence-corrected chi connectivity index (χ4v) is 3.90. The molecule has 4 aromatic rings. The molecule has 3 aromatic carbocycles. The smallest absolute Gasteiger partial charge is 0.238 e. The van der Waals surface area contributed by atoms with Gasteiger partial charge in [0.1, 0.15) is 0 Å². The number of rotatable bonds is 5. The van der Waals surface area contributed by atoms with E-state index in [0.717, 1.165) is 48.2 Å². The summed E-state index contributed by atoms with van der Waals surface area (Å²) in [6.07, 6.45) is 1.86. The van der Waals surface area contributed by atoms with Gasteiger partial charge >= 0.3 is 0 Å². The molecule has 0 saturated carbocycles. The van der Waals surface area contributed by atoms with Crippen LogP contribution in [-0.2, 0) is 0 Å². The van der Waals surface area contributed by atoms with E-state index in [-0.39, 0.29) is 5.78 Å². The summed E-state index contributed by atoms with van der Waals surface area (Å²) in [7, 11) is 2.14. The topological polar surface area (TPSA) is 61.4 Å². The first-order valence-electron chi connectivity index (χ1n) is 10.8. The van der Waals surface area contributed by atoms with E-state index >= 15 is 0 Å². The van der Waals surface area contributed by atoms with Crippen molar-refractivity contribution in [1.82, 2.24) is 19.9 Å². The Bertz CT molecular complexity index is 1230. The van der Waals surface area contributed by atoms with E-state index in [1.165, 1.54) is 0 Å². The average molecular weight is 424 g/mol. The number of hydrogen-bond acceptors (Lipinski definition) is 6. The number of nitrogens with one attached hydrogen (secondary N) is 1. The zero-order chi connectivity index (χ0) is 21.9. The molecule has 0 atom stereocenters. The minimum atomic E-state index is 0.0319. The maximum Gasteiger partial charge on any atom is 0.238 e. The maximum absolute atomic E-state index is 12.6. The Morgan fingerprint density at radius 3 is 2.28 bits per heavy atom. The van der Waals surface area contributed by atoms with Crippen LogP contribution in [0.4, 0.5) is 5.95 Å². The summed E-state index contributed by atoms with van der Waals surface area (Å²) in [6, 6.07) is 23.3. The number of benzene rings is 3. The molecule has 6 heteroatoms. The van der Waals surface area contributed by atoms with E-state index < -0.39 is 0 Å². The highest BCUT2D eigenvalue weighted by Gasteiger charge is 2.14. The van der Waals surface area contributed by atoms with Crippen molar-refractivity contribution in [2.24, 2.45) is 0 Å². The summed E-state index contributed by atoms with van der Waals surface area (Å²) in [5.41, 5.74) is 7.73. The fourth-order valence-electron chi connectivity index (χ4n) is 3.90. The second-order valence-electron chi connectivity index (χ2n) is 8.14. The highest BCUT2D eigenvalue weighted by molar-refractivity contribution is 6.09. The van der Waals surface area contributed by atoms with Gasteiger partial charge in [0.2, 0.25) is 5.95 Å². The van der Waals surface area contributed by atoms with Gasteiger partial charge in [-0.1, -0.05) is 60.7 Å². The minimum absolute atomic E-state index is 0.0319. The number of carbonyl (C=O) groups excluding carboxylic acids is 1. The minimum Gasteiger partial charge on any atom is -0.304 e. The van der Waals surface area contributed by atoms with Crippen LogP contribution in [0.3, 0.4) is 0 Å². The Morgan fingerprint density at radius 1 is 0.844 bits per heavy atom. The highest BCUT2D eigenvalue weighted by atomic mass is 16.1.